The van der Waals surface area contributed by atoms with Gasteiger partial charge in [-0.2, -0.15) is 0 Å². The van der Waals surface area contributed by atoms with Crippen LogP contribution in [0.2, 0.25) is 0 Å². The van der Waals surface area contributed by atoms with Crippen molar-refractivity contribution in [1.82, 2.24) is 5.32 Å². The molecule has 1 saturated carbocycles. The van der Waals surface area contributed by atoms with Crippen LogP contribution < -0.4 is 5.32 Å². The summed E-state index contributed by atoms with van der Waals surface area (Å²) in [4.78, 5) is 0. The van der Waals surface area contributed by atoms with Gasteiger partial charge in [-0.3, -0.25) is 0 Å². The van der Waals surface area contributed by atoms with E-state index in [1.54, 1.807) is 5.56 Å². The number of hydrogen-bond acceptors (Lipinski definition) is 1. The minimum atomic E-state index is 0.790. The van der Waals surface area contributed by atoms with Crippen LogP contribution in [0.1, 0.15) is 75.3 Å². The van der Waals surface area contributed by atoms with Crippen molar-refractivity contribution in [3.8, 4) is 0 Å². The van der Waals surface area contributed by atoms with Crippen LogP contribution in [-0.2, 0) is 6.54 Å². The molecule has 0 saturated heterocycles. The average molecular weight is 300 g/mol. The molecule has 1 aliphatic rings. The molecule has 1 nitrogen and oxygen atoms in total. The molecule has 1 aromatic rings. The molecule has 0 aromatic heterocycles. The zero-order chi connectivity index (χ0) is 15.6. The molecule has 1 heteroatoms. The molecular weight excluding hydrogens is 266 g/mol. The van der Waals surface area contributed by atoms with Gasteiger partial charge in [-0.15, -0.1) is 6.58 Å². The van der Waals surface area contributed by atoms with Crippen LogP contribution in [0.4, 0.5) is 0 Å². The molecule has 1 aromatic carbocycles. The van der Waals surface area contributed by atoms with E-state index in [0.29, 0.717) is 0 Å². The number of hydrogen-bond donors (Lipinski definition) is 1. The molecular formula is C21H33N. The first-order valence-corrected chi connectivity index (χ1v) is 9.24. The van der Waals surface area contributed by atoms with Crippen LogP contribution >= 0.6 is 0 Å². The second-order valence-electron chi connectivity index (χ2n) is 6.84. The Bertz CT molecular complexity index is 414. The van der Waals surface area contributed by atoms with Gasteiger partial charge in [0, 0.05) is 6.54 Å². The molecule has 0 amide bonds. The highest BCUT2D eigenvalue weighted by Gasteiger charge is 2.14. The Kier molecular flexibility index (Phi) is 7.73. The highest BCUT2D eigenvalue weighted by molar-refractivity contribution is 5.25. The first-order chi connectivity index (χ1) is 10.8. The average Bonchev–Trinajstić information content (AvgIpc) is 2.59. The maximum Gasteiger partial charge on any atom is 0.0205 e. The third-order valence-electron chi connectivity index (χ3n) is 5.19. The lowest BCUT2D eigenvalue weighted by molar-refractivity contribution is 0.443. The van der Waals surface area contributed by atoms with Crippen LogP contribution in [-0.4, -0.2) is 6.54 Å². The van der Waals surface area contributed by atoms with Gasteiger partial charge >= 0.3 is 0 Å². The lowest BCUT2D eigenvalue weighted by Crippen LogP contribution is -2.17. The summed E-state index contributed by atoms with van der Waals surface area (Å²) in [6, 6.07) is 9.36. The Balaban J connectivity index is 1.71. The lowest BCUT2D eigenvalue weighted by Gasteiger charge is -2.22. The van der Waals surface area contributed by atoms with Crippen molar-refractivity contribution in [2.24, 2.45) is 5.92 Å². The van der Waals surface area contributed by atoms with E-state index in [9.17, 15) is 0 Å². The lowest BCUT2D eigenvalue weighted by atomic mass is 9.84. The molecule has 2 rings (SSSR count). The second kappa shape index (κ2) is 9.84. The molecule has 0 aliphatic heterocycles. The molecule has 1 N–H and O–H groups in total. The van der Waals surface area contributed by atoms with Crippen molar-refractivity contribution < 1.29 is 0 Å². The predicted octanol–water partition coefficient (Wildman–Crippen LogP) is 5.82. The third kappa shape index (κ3) is 5.61. The maximum absolute atomic E-state index is 3.85. The fourth-order valence-corrected chi connectivity index (χ4v) is 3.61. The standard InChI is InChI=1S/C21H33N/c1-3-8-18(4-2)15-16-22-17-19-11-13-21(14-12-19)20-9-6-5-7-10-20/h3,11-14,18,20,22H,1,4-10,15-17H2,2H3. The van der Waals surface area contributed by atoms with Crippen LogP contribution in [0, 0.1) is 5.92 Å². The van der Waals surface area contributed by atoms with Crippen molar-refractivity contribution >= 4 is 0 Å². The number of allylic oxidation sites excluding steroid dienone is 1. The van der Waals surface area contributed by atoms with E-state index in [0.717, 1.165) is 31.3 Å². The predicted molar refractivity (Wildman–Crippen MR) is 97.2 cm³/mol. The molecule has 1 aliphatic carbocycles. The zero-order valence-electron chi connectivity index (χ0n) is 14.3. The molecule has 0 radical (unpaired) electrons. The van der Waals surface area contributed by atoms with Gasteiger partial charge in [0.2, 0.25) is 0 Å². The minimum absolute atomic E-state index is 0.790. The summed E-state index contributed by atoms with van der Waals surface area (Å²) in [5.41, 5.74) is 2.97. The zero-order valence-corrected chi connectivity index (χ0v) is 14.3. The van der Waals surface area contributed by atoms with Crippen molar-refractivity contribution in [2.45, 2.75) is 70.8 Å². The Morgan fingerprint density at radius 3 is 2.55 bits per heavy atom. The molecule has 1 unspecified atom stereocenters. The van der Waals surface area contributed by atoms with Crippen LogP contribution in [0.5, 0.6) is 0 Å². The van der Waals surface area contributed by atoms with E-state index in [1.807, 2.05) is 0 Å². The molecule has 0 heterocycles. The van der Waals surface area contributed by atoms with E-state index in [2.05, 4.69) is 49.2 Å². The Morgan fingerprint density at radius 2 is 1.91 bits per heavy atom. The first kappa shape index (κ1) is 17.3. The number of nitrogens with one attached hydrogen (secondary N) is 1. The van der Waals surface area contributed by atoms with Gasteiger partial charge in [0.25, 0.3) is 0 Å². The fraction of sp³-hybridized carbons (Fsp3) is 0.619. The monoisotopic (exact) mass is 299 g/mol. The summed E-state index contributed by atoms with van der Waals surface area (Å²) in [7, 11) is 0. The second-order valence-corrected chi connectivity index (χ2v) is 6.84. The SMILES string of the molecule is C=CCC(CC)CCNCc1ccc(C2CCCCC2)cc1. The summed E-state index contributed by atoms with van der Waals surface area (Å²) in [6.45, 7) is 8.23. The van der Waals surface area contributed by atoms with Gasteiger partial charge < -0.3 is 5.32 Å². The fourth-order valence-electron chi connectivity index (χ4n) is 3.61. The van der Waals surface area contributed by atoms with Crippen molar-refractivity contribution in [1.29, 1.82) is 0 Å². The van der Waals surface area contributed by atoms with Crippen LogP contribution in [0.25, 0.3) is 0 Å². The summed E-state index contributed by atoms with van der Waals surface area (Å²) < 4.78 is 0. The molecule has 0 bridgehead atoms. The summed E-state index contributed by atoms with van der Waals surface area (Å²) >= 11 is 0. The van der Waals surface area contributed by atoms with Gasteiger partial charge in [-0.05, 0) is 55.2 Å². The van der Waals surface area contributed by atoms with E-state index in [1.165, 1.54) is 50.5 Å². The van der Waals surface area contributed by atoms with Crippen LogP contribution in [0.15, 0.2) is 36.9 Å². The largest absolute Gasteiger partial charge is 0.313 e. The molecule has 122 valence electrons. The normalized spacial score (nSPS) is 17.3. The molecule has 1 atom stereocenters. The Hall–Kier alpha value is -1.08. The van der Waals surface area contributed by atoms with E-state index in [-0.39, 0.29) is 0 Å². The summed E-state index contributed by atoms with van der Waals surface area (Å²) in [6.07, 6.45) is 12.7. The third-order valence-corrected chi connectivity index (χ3v) is 5.19. The van der Waals surface area contributed by atoms with Gasteiger partial charge in [0.1, 0.15) is 0 Å². The number of rotatable bonds is 9. The topological polar surface area (TPSA) is 12.0 Å². The van der Waals surface area contributed by atoms with Gasteiger partial charge in [-0.1, -0.05) is 62.9 Å². The van der Waals surface area contributed by atoms with Gasteiger partial charge in [0.05, 0.1) is 0 Å². The van der Waals surface area contributed by atoms with Crippen molar-refractivity contribution in [3.63, 3.8) is 0 Å². The van der Waals surface area contributed by atoms with E-state index in [4.69, 9.17) is 0 Å². The Labute approximate surface area is 137 Å². The van der Waals surface area contributed by atoms with Crippen molar-refractivity contribution in [3.05, 3.63) is 48.0 Å². The highest BCUT2D eigenvalue weighted by atomic mass is 14.8. The minimum Gasteiger partial charge on any atom is -0.313 e. The quantitative estimate of drug-likeness (QED) is 0.448. The molecule has 0 spiro atoms. The van der Waals surface area contributed by atoms with Crippen molar-refractivity contribution in [2.75, 3.05) is 6.54 Å². The van der Waals surface area contributed by atoms with E-state index >= 15 is 0 Å². The summed E-state index contributed by atoms with van der Waals surface area (Å²) in [5, 5.41) is 3.59. The molecule has 1 fully saturated rings. The molecule has 22 heavy (non-hydrogen) atoms. The maximum atomic E-state index is 3.85. The smallest absolute Gasteiger partial charge is 0.0205 e. The number of benzene rings is 1. The van der Waals surface area contributed by atoms with Crippen LogP contribution in [0.3, 0.4) is 0 Å². The highest BCUT2D eigenvalue weighted by Crippen LogP contribution is 2.32. The van der Waals surface area contributed by atoms with Gasteiger partial charge in [-0.25, -0.2) is 0 Å². The van der Waals surface area contributed by atoms with E-state index < -0.39 is 0 Å². The first-order valence-electron chi connectivity index (χ1n) is 9.24. The summed E-state index contributed by atoms with van der Waals surface area (Å²) in [5.74, 6) is 1.61. The Morgan fingerprint density at radius 1 is 1.18 bits per heavy atom. The van der Waals surface area contributed by atoms with Gasteiger partial charge in [0.15, 0.2) is 0 Å².